The molecule has 1 saturated heterocycles. The third-order valence-electron chi connectivity index (χ3n) is 4.59. The van der Waals surface area contributed by atoms with E-state index >= 15 is 0 Å². The number of nitrogens with two attached hydrogens (primary N) is 1. The highest BCUT2D eigenvalue weighted by Gasteiger charge is 2.25. The van der Waals surface area contributed by atoms with E-state index < -0.39 is 9.84 Å². The van der Waals surface area contributed by atoms with Crippen LogP contribution in [-0.4, -0.2) is 44.1 Å². The Labute approximate surface area is 131 Å². The van der Waals surface area contributed by atoms with Crippen molar-refractivity contribution in [3.8, 4) is 0 Å². The van der Waals surface area contributed by atoms with Crippen LogP contribution in [0.15, 0.2) is 23.1 Å². The summed E-state index contributed by atoms with van der Waals surface area (Å²) in [4.78, 5) is 14.1. The van der Waals surface area contributed by atoms with Crippen LogP contribution in [-0.2, 0) is 27.5 Å². The lowest BCUT2D eigenvalue weighted by Gasteiger charge is -2.15. The van der Waals surface area contributed by atoms with E-state index in [4.69, 9.17) is 5.73 Å². The van der Waals surface area contributed by atoms with Gasteiger partial charge in [-0.05, 0) is 48.9 Å². The standard InChI is InChI=1S/C16H22N2O3S/c17-14-6-8-18(11-14)16(19)7-9-22(20,21)15-5-4-12-2-1-3-13(12)10-15/h4-5,10,14H,1-3,6-9,11,17H2/t14-/m0/s1. The molecule has 0 unspecified atom stereocenters. The van der Waals surface area contributed by atoms with Gasteiger partial charge in [0.25, 0.3) is 0 Å². The molecule has 1 aromatic rings. The number of rotatable bonds is 4. The second kappa shape index (κ2) is 6.01. The lowest BCUT2D eigenvalue weighted by atomic mass is 10.1. The first kappa shape index (κ1) is 15.5. The monoisotopic (exact) mass is 322 g/mol. The lowest BCUT2D eigenvalue weighted by Crippen LogP contribution is -2.32. The van der Waals surface area contributed by atoms with E-state index in [1.165, 1.54) is 5.56 Å². The summed E-state index contributed by atoms with van der Waals surface area (Å²) in [6.07, 6.45) is 3.90. The first-order valence-electron chi connectivity index (χ1n) is 7.83. The summed E-state index contributed by atoms with van der Waals surface area (Å²) in [5, 5.41) is 0. The molecule has 2 aliphatic rings. The summed E-state index contributed by atoms with van der Waals surface area (Å²) in [6, 6.07) is 5.40. The summed E-state index contributed by atoms with van der Waals surface area (Å²) in [7, 11) is -3.40. The molecule has 1 aliphatic carbocycles. The molecular weight excluding hydrogens is 300 g/mol. The fourth-order valence-electron chi connectivity index (χ4n) is 3.25. The molecule has 0 radical (unpaired) electrons. The number of carbonyl (C=O) groups is 1. The van der Waals surface area contributed by atoms with Crippen molar-refractivity contribution < 1.29 is 13.2 Å². The van der Waals surface area contributed by atoms with Gasteiger partial charge in [-0.1, -0.05) is 6.07 Å². The Balaban J connectivity index is 1.65. The highest BCUT2D eigenvalue weighted by atomic mass is 32.2. The van der Waals surface area contributed by atoms with Crippen LogP contribution in [0, 0.1) is 0 Å². The molecule has 1 aromatic carbocycles. The molecule has 5 nitrogen and oxygen atoms in total. The number of fused-ring (bicyclic) bond motifs is 1. The van der Waals surface area contributed by atoms with Crippen molar-refractivity contribution >= 4 is 15.7 Å². The molecule has 0 aromatic heterocycles. The molecule has 3 rings (SSSR count). The Kier molecular flexibility index (Phi) is 4.23. The van der Waals surface area contributed by atoms with Crippen molar-refractivity contribution in [3.63, 3.8) is 0 Å². The fraction of sp³-hybridized carbons (Fsp3) is 0.562. The minimum Gasteiger partial charge on any atom is -0.341 e. The Hall–Kier alpha value is -1.40. The highest BCUT2D eigenvalue weighted by molar-refractivity contribution is 7.91. The second-order valence-electron chi connectivity index (χ2n) is 6.24. The summed E-state index contributed by atoms with van der Waals surface area (Å²) >= 11 is 0. The quantitative estimate of drug-likeness (QED) is 0.893. The maximum atomic E-state index is 12.4. The topological polar surface area (TPSA) is 80.5 Å². The molecule has 6 heteroatoms. The molecular formula is C16H22N2O3S. The van der Waals surface area contributed by atoms with Gasteiger partial charge in [0.1, 0.15) is 0 Å². The zero-order valence-corrected chi connectivity index (χ0v) is 13.4. The number of likely N-dealkylation sites (tertiary alicyclic amines) is 1. The van der Waals surface area contributed by atoms with Crippen molar-refractivity contribution in [2.45, 2.75) is 43.0 Å². The van der Waals surface area contributed by atoms with Crippen LogP contribution in [0.5, 0.6) is 0 Å². The van der Waals surface area contributed by atoms with E-state index in [1.54, 1.807) is 17.0 Å². The smallest absolute Gasteiger partial charge is 0.223 e. The maximum absolute atomic E-state index is 12.4. The molecule has 1 amide bonds. The van der Waals surface area contributed by atoms with Crippen LogP contribution >= 0.6 is 0 Å². The van der Waals surface area contributed by atoms with Gasteiger partial charge >= 0.3 is 0 Å². The van der Waals surface area contributed by atoms with Gasteiger partial charge in [-0.2, -0.15) is 0 Å². The predicted molar refractivity (Wildman–Crippen MR) is 84.3 cm³/mol. The summed E-state index contributed by atoms with van der Waals surface area (Å²) in [5.74, 6) is -0.242. The number of carbonyl (C=O) groups excluding carboxylic acids is 1. The van der Waals surface area contributed by atoms with Crippen molar-refractivity contribution in [2.75, 3.05) is 18.8 Å². The van der Waals surface area contributed by atoms with Crippen molar-refractivity contribution in [3.05, 3.63) is 29.3 Å². The third-order valence-corrected chi connectivity index (χ3v) is 6.30. The lowest BCUT2D eigenvalue weighted by molar-refractivity contribution is -0.129. The Morgan fingerprint density at radius 1 is 1.27 bits per heavy atom. The van der Waals surface area contributed by atoms with E-state index in [0.29, 0.717) is 18.0 Å². The molecule has 1 heterocycles. The Bertz CT molecular complexity index is 685. The number of benzene rings is 1. The van der Waals surface area contributed by atoms with Crippen LogP contribution < -0.4 is 5.73 Å². The van der Waals surface area contributed by atoms with Gasteiger partial charge in [0, 0.05) is 25.6 Å². The normalized spacial score (nSPS) is 21.1. The van der Waals surface area contributed by atoms with Gasteiger partial charge in [-0.25, -0.2) is 8.42 Å². The average molecular weight is 322 g/mol. The summed E-state index contributed by atoms with van der Waals surface area (Å²) in [5.41, 5.74) is 8.16. The first-order chi connectivity index (χ1) is 10.5. The molecule has 22 heavy (non-hydrogen) atoms. The Morgan fingerprint density at radius 3 is 2.77 bits per heavy atom. The number of hydrogen-bond donors (Lipinski definition) is 1. The Morgan fingerprint density at radius 2 is 2.05 bits per heavy atom. The molecule has 120 valence electrons. The molecule has 1 atom stereocenters. The molecule has 0 bridgehead atoms. The van der Waals surface area contributed by atoms with E-state index in [1.807, 2.05) is 6.07 Å². The molecule has 1 fully saturated rings. The first-order valence-corrected chi connectivity index (χ1v) is 9.49. The van der Waals surface area contributed by atoms with Gasteiger partial charge in [0.15, 0.2) is 9.84 Å². The van der Waals surface area contributed by atoms with Gasteiger partial charge in [0.2, 0.25) is 5.91 Å². The number of sulfone groups is 1. The zero-order valence-electron chi connectivity index (χ0n) is 12.6. The minimum atomic E-state index is -3.40. The molecule has 2 N–H and O–H groups in total. The minimum absolute atomic E-state index is 0.0252. The number of amides is 1. The number of hydrogen-bond acceptors (Lipinski definition) is 4. The van der Waals surface area contributed by atoms with Gasteiger partial charge in [-0.3, -0.25) is 4.79 Å². The average Bonchev–Trinajstić information content (AvgIpc) is 3.12. The molecule has 0 spiro atoms. The van der Waals surface area contributed by atoms with Crippen LogP contribution in [0.3, 0.4) is 0 Å². The van der Waals surface area contributed by atoms with Crippen LogP contribution in [0.4, 0.5) is 0 Å². The zero-order chi connectivity index (χ0) is 15.7. The SMILES string of the molecule is N[C@H]1CCN(C(=O)CCS(=O)(=O)c2ccc3c(c2)CCC3)C1. The van der Waals surface area contributed by atoms with Gasteiger partial charge in [-0.15, -0.1) is 0 Å². The van der Waals surface area contributed by atoms with Crippen molar-refractivity contribution in [2.24, 2.45) is 5.73 Å². The van der Waals surface area contributed by atoms with E-state index in [-0.39, 0.29) is 24.1 Å². The molecule has 0 saturated carbocycles. The summed E-state index contributed by atoms with van der Waals surface area (Å²) < 4.78 is 24.8. The van der Waals surface area contributed by atoms with Crippen LogP contribution in [0.25, 0.3) is 0 Å². The van der Waals surface area contributed by atoms with Crippen LogP contribution in [0.2, 0.25) is 0 Å². The fourth-order valence-corrected chi connectivity index (χ4v) is 4.53. The maximum Gasteiger partial charge on any atom is 0.223 e. The third kappa shape index (κ3) is 3.17. The van der Waals surface area contributed by atoms with Crippen molar-refractivity contribution in [1.29, 1.82) is 0 Å². The van der Waals surface area contributed by atoms with Gasteiger partial charge in [0.05, 0.1) is 10.6 Å². The number of aryl methyl sites for hydroxylation is 2. The molecule has 1 aliphatic heterocycles. The van der Waals surface area contributed by atoms with E-state index in [9.17, 15) is 13.2 Å². The largest absolute Gasteiger partial charge is 0.341 e. The van der Waals surface area contributed by atoms with Crippen molar-refractivity contribution in [1.82, 2.24) is 4.90 Å². The van der Waals surface area contributed by atoms with E-state index in [2.05, 4.69) is 0 Å². The predicted octanol–water partition coefficient (Wildman–Crippen LogP) is 0.899. The van der Waals surface area contributed by atoms with E-state index in [0.717, 1.165) is 31.2 Å². The van der Waals surface area contributed by atoms with Gasteiger partial charge < -0.3 is 10.6 Å². The van der Waals surface area contributed by atoms with Crippen LogP contribution in [0.1, 0.15) is 30.4 Å². The highest BCUT2D eigenvalue weighted by Crippen LogP contribution is 2.25. The summed E-state index contributed by atoms with van der Waals surface area (Å²) in [6.45, 7) is 1.18. The number of nitrogens with zero attached hydrogens (tertiary/aromatic N) is 1. The second-order valence-corrected chi connectivity index (χ2v) is 8.35.